The molecule has 2 amide bonds. The normalized spacial score (nSPS) is 22.6. The number of hydrogen-bond acceptors (Lipinski definition) is 7. The number of carbonyl (C=O) groups excluding carboxylic acids is 3. The lowest BCUT2D eigenvalue weighted by atomic mass is 9.80. The Morgan fingerprint density at radius 3 is 2.27 bits per heavy atom. The van der Waals surface area contributed by atoms with Gasteiger partial charge in [0.15, 0.2) is 9.84 Å². The Bertz CT molecular complexity index is 1630. The molecule has 3 N–H and O–H groups in total. The van der Waals surface area contributed by atoms with Gasteiger partial charge in [0.05, 0.1) is 16.6 Å². The molecule has 270 valence electrons. The van der Waals surface area contributed by atoms with E-state index in [0.29, 0.717) is 50.3 Å². The first kappa shape index (κ1) is 38.1. The summed E-state index contributed by atoms with van der Waals surface area (Å²) in [6.45, 7) is 4.76. The van der Waals surface area contributed by atoms with E-state index in [2.05, 4.69) is 10.1 Å². The molecule has 0 radical (unpaired) electrons. The van der Waals surface area contributed by atoms with Gasteiger partial charge in [-0.2, -0.15) is 26.3 Å². The van der Waals surface area contributed by atoms with E-state index < -0.39 is 80.3 Å². The van der Waals surface area contributed by atoms with Gasteiger partial charge in [-0.15, -0.1) is 0 Å². The zero-order chi connectivity index (χ0) is 36.3. The number of nitrogens with zero attached hydrogens (tertiary/aromatic N) is 1. The van der Waals surface area contributed by atoms with E-state index in [-0.39, 0.29) is 36.1 Å². The highest BCUT2D eigenvalue weighted by Gasteiger charge is 2.48. The molecule has 16 heteroatoms. The van der Waals surface area contributed by atoms with E-state index in [9.17, 15) is 49.1 Å². The van der Waals surface area contributed by atoms with E-state index in [0.717, 1.165) is 0 Å². The molecule has 0 aromatic heterocycles. The van der Waals surface area contributed by atoms with Crippen LogP contribution in [0.25, 0.3) is 0 Å². The van der Waals surface area contributed by atoms with Crippen LogP contribution in [-0.2, 0) is 25.6 Å². The third kappa shape index (κ3) is 9.12. The van der Waals surface area contributed by atoms with E-state index >= 15 is 0 Å². The van der Waals surface area contributed by atoms with Crippen molar-refractivity contribution in [1.82, 2.24) is 10.2 Å². The lowest BCUT2D eigenvalue weighted by molar-refractivity contribution is -0.190. The Labute approximate surface area is 280 Å². The molecule has 49 heavy (non-hydrogen) atoms. The molecule has 9 nitrogen and oxygen atoms in total. The van der Waals surface area contributed by atoms with Crippen molar-refractivity contribution in [2.45, 2.75) is 87.6 Å². The third-order valence-electron chi connectivity index (χ3n) is 8.96. The molecule has 0 unspecified atom stereocenters. The molecular weight excluding hydrogens is 680 g/mol. The Hall–Kier alpha value is -3.66. The first-order chi connectivity index (χ1) is 22.8. The molecule has 0 spiro atoms. The second kappa shape index (κ2) is 15.1. The van der Waals surface area contributed by atoms with E-state index in [1.54, 1.807) is 18.2 Å². The van der Waals surface area contributed by atoms with Gasteiger partial charge in [0.1, 0.15) is 11.3 Å². The lowest BCUT2D eigenvalue weighted by Crippen LogP contribution is -2.53. The summed E-state index contributed by atoms with van der Waals surface area (Å²) in [6, 6.07) is 8.02. The van der Waals surface area contributed by atoms with Gasteiger partial charge in [-0.1, -0.05) is 38.5 Å². The first-order valence-corrected chi connectivity index (χ1v) is 17.6. The van der Waals surface area contributed by atoms with Gasteiger partial charge >= 0.3 is 18.3 Å². The quantitative estimate of drug-likeness (QED) is 0.185. The van der Waals surface area contributed by atoms with Crippen LogP contribution >= 0.6 is 0 Å². The van der Waals surface area contributed by atoms with Crippen molar-refractivity contribution in [1.29, 1.82) is 0 Å². The number of sulfone groups is 1. The Balaban J connectivity index is 1.79. The standard InChI is InChI=1S/C33H39F6N3O6S/c1-19(2)17-41-21-11-13-25(20(16-21)18-49(46,47)22-8-4-3-5-9-22)42-15-7-6-10-24(30(42)44)27-23(29(40)43)12-14-26(28(27)32(34,35)36)48-31(45)33(37,38)39/h3-5,8-9,12,14,19-21,24-25,41H,6-7,10-11,13,15-18H2,1-2H3,(H2,40,43)/t20-,21+,24-,25-/m0/s1. The van der Waals surface area contributed by atoms with Gasteiger partial charge in [-0.3, -0.25) is 9.59 Å². The predicted octanol–water partition coefficient (Wildman–Crippen LogP) is 5.62. The van der Waals surface area contributed by atoms with Gasteiger partial charge < -0.3 is 20.7 Å². The highest BCUT2D eigenvalue weighted by atomic mass is 32.2. The number of esters is 1. The molecule has 4 rings (SSSR count). The monoisotopic (exact) mass is 719 g/mol. The minimum absolute atomic E-state index is 0.0714. The van der Waals surface area contributed by atoms with Crippen LogP contribution in [0.3, 0.4) is 0 Å². The summed E-state index contributed by atoms with van der Waals surface area (Å²) in [5, 5.41) is 3.44. The SMILES string of the molecule is CC(C)CN[C@@H]1CC[C@H](N2CCCC[C@@H](c3c(C(N)=O)ccc(OC(=O)C(F)(F)F)c3C(F)(F)F)C2=O)[C@H](CS(=O)(=O)c2ccccc2)C1. The number of nitrogens with two attached hydrogens (primary N) is 1. The van der Waals surface area contributed by atoms with Crippen LogP contribution in [0.4, 0.5) is 26.3 Å². The van der Waals surface area contributed by atoms with Crippen molar-refractivity contribution in [3.05, 3.63) is 59.2 Å². The number of rotatable bonds is 10. The average Bonchev–Trinajstić information content (AvgIpc) is 3.20. The Morgan fingerprint density at radius 1 is 1.00 bits per heavy atom. The average molecular weight is 720 g/mol. The van der Waals surface area contributed by atoms with Gasteiger partial charge in [0, 0.05) is 24.2 Å². The van der Waals surface area contributed by atoms with Gasteiger partial charge in [-0.25, -0.2) is 13.2 Å². The number of primary amides is 1. The largest absolute Gasteiger partial charge is 0.491 e. The van der Waals surface area contributed by atoms with Crippen LogP contribution in [-0.4, -0.2) is 68.2 Å². The predicted molar refractivity (Wildman–Crippen MR) is 166 cm³/mol. The number of likely N-dealkylation sites (tertiary alicyclic amines) is 1. The summed E-state index contributed by atoms with van der Waals surface area (Å²) < 4.78 is 115. The molecule has 1 saturated heterocycles. The fraction of sp³-hybridized carbons (Fsp3) is 0.545. The van der Waals surface area contributed by atoms with E-state index in [1.807, 2.05) is 13.8 Å². The van der Waals surface area contributed by atoms with E-state index in [1.165, 1.54) is 17.0 Å². The van der Waals surface area contributed by atoms with Crippen molar-refractivity contribution in [3.8, 4) is 5.75 Å². The molecule has 2 aromatic carbocycles. The van der Waals surface area contributed by atoms with Gasteiger partial charge in [0.25, 0.3) is 0 Å². The highest BCUT2D eigenvalue weighted by molar-refractivity contribution is 7.91. The summed E-state index contributed by atoms with van der Waals surface area (Å²) in [6.07, 6.45) is -9.63. The number of hydrogen-bond donors (Lipinski definition) is 2. The van der Waals surface area contributed by atoms with Crippen LogP contribution in [0, 0.1) is 11.8 Å². The highest BCUT2D eigenvalue weighted by Crippen LogP contribution is 2.46. The van der Waals surface area contributed by atoms with Crippen LogP contribution in [0.15, 0.2) is 47.4 Å². The zero-order valence-corrected chi connectivity index (χ0v) is 27.8. The van der Waals surface area contributed by atoms with Crippen molar-refractivity contribution in [2.75, 3.05) is 18.8 Å². The molecule has 0 bridgehead atoms. The summed E-state index contributed by atoms with van der Waals surface area (Å²) >= 11 is 0. The molecule has 2 aliphatic rings. The topological polar surface area (TPSA) is 136 Å². The maximum Gasteiger partial charge on any atom is 0.491 e. The van der Waals surface area contributed by atoms with Crippen LogP contribution in [0.2, 0.25) is 0 Å². The minimum atomic E-state index is -5.64. The number of benzene rings is 2. The summed E-state index contributed by atoms with van der Waals surface area (Å²) in [4.78, 5) is 40.0. The molecule has 1 heterocycles. The molecule has 1 saturated carbocycles. The summed E-state index contributed by atoms with van der Waals surface area (Å²) in [7, 11) is -3.87. The van der Waals surface area contributed by atoms with Crippen LogP contribution < -0.4 is 15.8 Å². The Kier molecular flexibility index (Phi) is 11.7. The zero-order valence-electron chi connectivity index (χ0n) is 26.9. The molecule has 2 fully saturated rings. The smallest absolute Gasteiger partial charge is 0.419 e. The van der Waals surface area contributed by atoms with E-state index in [4.69, 9.17) is 5.73 Å². The minimum Gasteiger partial charge on any atom is -0.419 e. The lowest BCUT2D eigenvalue weighted by Gasteiger charge is -2.43. The van der Waals surface area contributed by atoms with Crippen LogP contribution in [0.5, 0.6) is 5.75 Å². The third-order valence-corrected chi connectivity index (χ3v) is 10.8. The maximum atomic E-state index is 14.7. The van der Waals surface area contributed by atoms with Gasteiger partial charge in [-0.05, 0) is 80.3 Å². The van der Waals surface area contributed by atoms with Crippen molar-refractivity contribution in [2.24, 2.45) is 17.6 Å². The maximum absolute atomic E-state index is 14.7. The summed E-state index contributed by atoms with van der Waals surface area (Å²) in [5.74, 6) is -9.08. The number of alkyl halides is 6. The first-order valence-electron chi connectivity index (χ1n) is 16.0. The molecule has 1 aliphatic carbocycles. The van der Waals surface area contributed by atoms with Crippen molar-refractivity contribution < 1.29 is 53.9 Å². The second-order valence-corrected chi connectivity index (χ2v) is 15.0. The molecule has 4 atom stereocenters. The molecular formula is C33H39F6N3O6S. The van der Waals surface area contributed by atoms with Crippen molar-refractivity contribution in [3.63, 3.8) is 0 Å². The number of halogens is 6. The number of ether oxygens (including phenoxy) is 1. The second-order valence-electron chi connectivity index (χ2n) is 13.0. The molecule has 2 aromatic rings. The number of carbonyl (C=O) groups is 3. The molecule has 1 aliphatic heterocycles. The number of amides is 2. The summed E-state index contributed by atoms with van der Waals surface area (Å²) in [5.41, 5.74) is 1.81. The Morgan fingerprint density at radius 2 is 1.67 bits per heavy atom. The number of nitrogens with one attached hydrogen (secondary N) is 1. The fourth-order valence-electron chi connectivity index (χ4n) is 6.80. The fourth-order valence-corrected chi connectivity index (χ4v) is 8.49. The van der Waals surface area contributed by atoms with Crippen LogP contribution in [0.1, 0.15) is 79.8 Å². The van der Waals surface area contributed by atoms with Gasteiger partial charge in [0.2, 0.25) is 11.8 Å². The van der Waals surface area contributed by atoms with Crippen molar-refractivity contribution >= 4 is 27.6 Å².